The number of phenolic OH excluding ortho intramolecular Hbond substituents is 2. The fourth-order valence-electron chi connectivity index (χ4n) is 1.03. The van der Waals surface area contributed by atoms with Gasteiger partial charge in [-0.3, -0.25) is 0 Å². The molecular weight excluding hydrogens is 188 g/mol. The van der Waals surface area contributed by atoms with Crippen molar-refractivity contribution in [2.75, 3.05) is 6.61 Å². The minimum absolute atomic E-state index is 0.106. The van der Waals surface area contributed by atoms with E-state index in [4.69, 9.17) is 14.3 Å². The summed E-state index contributed by atoms with van der Waals surface area (Å²) in [6.07, 6.45) is 0.494. The van der Waals surface area contributed by atoms with Crippen molar-refractivity contribution < 1.29 is 19.4 Å². The molecule has 0 radical (unpaired) electrons. The minimum Gasteiger partial charge on any atom is -0.504 e. The molecule has 4 nitrogen and oxygen atoms in total. The highest BCUT2D eigenvalue weighted by atomic mass is 28.2. The Balaban J connectivity index is 2.61. The molecule has 1 aromatic rings. The van der Waals surface area contributed by atoms with Gasteiger partial charge in [-0.15, -0.1) is 0 Å². The summed E-state index contributed by atoms with van der Waals surface area (Å²) >= 11 is 0. The predicted molar refractivity (Wildman–Crippen MR) is 50.2 cm³/mol. The Morgan fingerprint density at radius 3 is 2.77 bits per heavy atom. The zero-order valence-electron chi connectivity index (χ0n) is 7.10. The number of phenols is 2. The number of hydrogen-bond donors (Lipinski definition) is 3. The van der Waals surface area contributed by atoms with Crippen molar-refractivity contribution in [2.45, 2.75) is 6.42 Å². The molecule has 0 spiro atoms. The Kier molecular flexibility index (Phi) is 3.75. The normalized spacial score (nSPS) is 11.2. The maximum Gasteiger partial charge on any atom is 0.301 e. The molecule has 0 aliphatic rings. The number of aromatic hydroxyl groups is 2. The standard InChI is InChI=1S/C8H12O4Si/c9-7-3-1-2-6(8(7)10)4-5-12-13-11/h1-3,9-11H,4-5,13H2. The Morgan fingerprint density at radius 2 is 2.08 bits per heavy atom. The lowest BCUT2D eigenvalue weighted by Crippen LogP contribution is -2.02. The second kappa shape index (κ2) is 4.86. The van der Waals surface area contributed by atoms with Crippen LogP contribution in [-0.4, -0.2) is 31.6 Å². The number of benzene rings is 1. The SMILES string of the molecule is O[SiH2]OCCc1cccc(O)c1O. The average Bonchev–Trinajstić information content (AvgIpc) is 2.13. The molecule has 0 aromatic heterocycles. The highest BCUT2D eigenvalue weighted by molar-refractivity contribution is 6.15. The number of para-hydroxylation sites is 1. The van der Waals surface area contributed by atoms with E-state index in [2.05, 4.69) is 0 Å². The van der Waals surface area contributed by atoms with Crippen molar-refractivity contribution in [3.05, 3.63) is 23.8 Å². The Morgan fingerprint density at radius 1 is 1.31 bits per heavy atom. The van der Waals surface area contributed by atoms with Crippen LogP contribution in [0.2, 0.25) is 0 Å². The summed E-state index contributed by atoms with van der Waals surface area (Å²) < 4.78 is 4.83. The van der Waals surface area contributed by atoms with Crippen LogP contribution in [0.4, 0.5) is 0 Å². The summed E-state index contributed by atoms with van der Waals surface area (Å²) in [5, 5.41) is 18.5. The molecule has 5 heteroatoms. The first-order chi connectivity index (χ1) is 6.25. The zero-order valence-corrected chi connectivity index (χ0v) is 8.52. The van der Waals surface area contributed by atoms with Gasteiger partial charge in [-0.05, 0) is 18.1 Å². The van der Waals surface area contributed by atoms with E-state index in [9.17, 15) is 5.11 Å². The second-order valence-electron chi connectivity index (χ2n) is 2.57. The highest BCUT2D eigenvalue weighted by Crippen LogP contribution is 2.28. The van der Waals surface area contributed by atoms with E-state index < -0.39 is 10.0 Å². The first-order valence-corrected chi connectivity index (χ1v) is 5.15. The van der Waals surface area contributed by atoms with Gasteiger partial charge in [-0.1, -0.05) is 12.1 Å². The van der Waals surface area contributed by atoms with Crippen LogP contribution in [0.3, 0.4) is 0 Å². The third-order valence-electron chi connectivity index (χ3n) is 1.71. The fraction of sp³-hybridized carbons (Fsp3) is 0.250. The Hall–Kier alpha value is -1.04. The van der Waals surface area contributed by atoms with Gasteiger partial charge in [0.25, 0.3) is 0 Å². The van der Waals surface area contributed by atoms with Gasteiger partial charge in [0.05, 0.1) is 0 Å². The van der Waals surface area contributed by atoms with Crippen LogP contribution in [0, 0.1) is 0 Å². The monoisotopic (exact) mass is 200 g/mol. The highest BCUT2D eigenvalue weighted by Gasteiger charge is 2.04. The van der Waals surface area contributed by atoms with Gasteiger partial charge in [0, 0.05) is 6.61 Å². The van der Waals surface area contributed by atoms with E-state index in [-0.39, 0.29) is 11.5 Å². The fourth-order valence-corrected chi connectivity index (χ4v) is 1.30. The second-order valence-corrected chi connectivity index (χ2v) is 3.24. The number of hydrogen-bond acceptors (Lipinski definition) is 4. The van der Waals surface area contributed by atoms with Crippen LogP contribution >= 0.6 is 0 Å². The van der Waals surface area contributed by atoms with Gasteiger partial charge in [0.15, 0.2) is 11.5 Å². The molecule has 0 unspecified atom stereocenters. The zero-order chi connectivity index (χ0) is 9.68. The summed E-state index contributed by atoms with van der Waals surface area (Å²) in [5.41, 5.74) is 0.627. The lowest BCUT2D eigenvalue weighted by atomic mass is 10.1. The summed E-state index contributed by atoms with van der Waals surface area (Å²) in [5.74, 6) is -0.232. The lowest BCUT2D eigenvalue weighted by Gasteiger charge is -2.05. The van der Waals surface area contributed by atoms with Crippen molar-refractivity contribution in [2.24, 2.45) is 0 Å². The third-order valence-corrected chi connectivity index (χ3v) is 2.18. The van der Waals surface area contributed by atoms with Gasteiger partial charge in [-0.25, -0.2) is 0 Å². The summed E-state index contributed by atoms with van der Waals surface area (Å²) in [6.45, 7) is 0.375. The van der Waals surface area contributed by atoms with Crippen LogP contribution in [0.5, 0.6) is 11.5 Å². The molecule has 0 aliphatic heterocycles. The molecule has 0 atom stereocenters. The number of rotatable bonds is 4. The molecule has 0 aliphatic carbocycles. The van der Waals surface area contributed by atoms with E-state index >= 15 is 0 Å². The molecule has 1 rings (SSSR count). The van der Waals surface area contributed by atoms with Gasteiger partial charge in [0.2, 0.25) is 0 Å². The molecule has 0 bridgehead atoms. The van der Waals surface area contributed by atoms with E-state index in [1.807, 2.05) is 0 Å². The summed E-state index contributed by atoms with van der Waals surface area (Å²) in [4.78, 5) is 8.47. The van der Waals surface area contributed by atoms with Crippen molar-refractivity contribution >= 4 is 10.0 Å². The molecule has 72 valence electrons. The van der Waals surface area contributed by atoms with Crippen LogP contribution < -0.4 is 0 Å². The van der Waals surface area contributed by atoms with E-state index in [1.54, 1.807) is 12.1 Å². The molecule has 0 amide bonds. The Bertz CT molecular complexity index is 277. The van der Waals surface area contributed by atoms with Crippen LogP contribution in [-0.2, 0) is 10.8 Å². The van der Waals surface area contributed by atoms with Gasteiger partial charge < -0.3 is 19.4 Å². The van der Waals surface area contributed by atoms with Crippen molar-refractivity contribution in [1.82, 2.24) is 0 Å². The smallest absolute Gasteiger partial charge is 0.301 e. The first-order valence-electron chi connectivity index (χ1n) is 3.94. The molecule has 0 heterocycles. The molecule has 0 saturated heterocycles. The Labute approximate surface area is 78.5 Å². The quantitative estimate of drug-likeness (QED) is 0.353. The maximum absolute atomic E-state index is 9.34. The molecular formula is C8H12O4Si. The summed E-state index contributed by atoms with van der Waals surface area (Å²) in [7, 11) is -1.37. The molecule has 0 saturated carbocycles. The van der Waals surface area contributed by atoms with Gasteiger partial charge >= 0.3 is 10.0 Å². The third kappa shape index (κ3) is 2.73. The minimum atomic E-state index is -1.37. The topological polar surface area (TPSA) is 69.9 Å². The van der Waals surface area contributed by atoms with Crippen molar-refractivity contribution in [1.29, 1.82) is 0 Å². The van der Waals surface area contributed by atoms with Crippen LogP contribution in [0.1, 0.15) is 5.56 Å². The van der Waals surface area contributed by atoms with Crippen LogP contribution in [0.15, 0.2) is 18.2 Å². The average molecular weight is 200 g/mol. The van der Waals surface area contributed by atoms with Crippen molar-refractivity contribution in [3.63, 3.8) is 0 Å². The van der Waals surface area contributed by atoms with E-state index in [1.165, 1.54) is 6.07 Å². The maximum atomic E-state index is 9.34. The molecule has 1 aromatic carbocycles. The van der Waals surface area contributed by atoms with Crippen molar-refractivity contribution in [3.8, 4) is 11.5 Å². The predicted octanol–water partition coefficient (Wildman–Crippen LogP) is -0.352. The van der Waals surface area contributed by atoms with E-state index in [0.717, 1.165) is 0 Å². The van der Waals surface area contributed by atoms with E-state index in [0.29, 0.717) is 18.6 Å². The molecule has 0 fully saturated rings. The molecule has 13 heavy (non-hydrogen) atoms. The van der Waals surface area contributed by atoms with Gasteiger partial charge in [-0.2, -0.15) is 0 Å². The van der Waals surface area contributed by atoms with Crippen LogP contribution in [0.25, 0.3) is 0 Å². The lowest BCUT2D eigenvalue weighted by molar-refractivity contribution is 0.286. The summed E-state index contributed by atoms with van der Waals surface area (Å²) in [6, 6.07) is 4.78. The van der Waals surface area contributed by atoms with Gasteiger partial charge in [0.1, 0.15) is 0 Å². The largest absolute Gasteiger partial charge is 0.504 e. The molecule has 3 N–H and O–H groups in total. The first kappa shape index (κ1) is 10.0.